The first-order chi connectivity index (χ1) is 44.8. The van der Waals surface area contributed by atoms with Crippen LogP contribution in [-0.2, 0) is 66.6 Å². The number of aliphatic hydroxyl groups is 1. The molecule has 2 bridgehead atoms. The average Bonchev–Trinajstić information content (AvgIpc) is 1.06. The van der Waals surface area contributed by atoms with Crippen molar-refractivity contribution in [3.63, 3.8) is 0 Å². The molecule has 0 spiro atoms. The summed E-state index contributed by atoms with van der Waals surface area (Å²) in [7, 11) is 2.78. The van der Waals surface area contributed by atoms with Gasteiger partial charge < -0.3 is 58.4 Å². The molecule has 19 heteroatoms. The monoisotopic (exact) mass is 1320 g/mol. The Bertz CT molecular complexity index is 3250. The summed E-state index contributed by atoms with van der Waals surface area (Å²) in [5.41, 5.74) is -5.57. The van der Waals surface area contributed by atoms with E-state index < -0.39 is 131 Å². The summed E-state index contributed by atoms with van der Waals surface area (Å²) in [5.74, 6) is -2.11. The second-order valence-electron chi connectivity index (χ2n) is 31.7. The molecule has 0 aromatic heterocycles. The van der Waals surface area contributed by atoms with Crippen molar-refractivity contribution in [3.8, 4) is 0 Å². The Morgan fingerprint density at radius 2 is 1.54 bits per heavy atom. The first kappa shape index (κ1) is 71.8. The van der Waals surface area contributed by atoms with Gasteiger partial charge in [0.2, 0.25) is 12.0 Å². The molecule has 8 aliphatic rings. The van der Waals surface area contributed by atoms with Crippen LogP contribution in [0.5, 0.6) is 0 Å². The zero-order valence-electron chi connectivity index (χ0n) is 58.8. The fraction of sp³-hybridized carbons (Fsp3) is 0.697. The van der Waals surface area contributed by atoms with Crippen LogP contribution in [0, 0.1) is 63.1 Å². The Balaban J connectivity index is 0.902. The number of amides is 2. The molecule has 2 aromatic rings. The molecule has 19 nitrogen and oxygen atoms in total. The molecule has 1 saturated heterocycles. The zero-order valence-corrected chi connectivity index (χ0v) is 58.8. The van der Waals surface area contributed by atoms with Gasteiger partial charge in [0.25, 0.3) is 0 Å². The summed E-state index contributed by atoms with van der Waals surface area (Å²) >= 11 is 0. The summed E-state index contributed by atoms with van der Waals surface area (Å²) in [6.07, 6.45) is 5.00. The Morgan fingerprint density at radius 1 is 0.842 bits per heavy atom. The van der Waals surface area contributed by atoms with Gasteiger partial charge in [-0.2, -0.15) is 0 Å². The topological polar surface area (TPSA) is 247 Å². The highest BCUT2D eigenvalue weighted by atomic mass is 16.6. The quantitative estimate of drug-likeness (QED) is 0.0597. The number of esters is 4. The summed E-state index contributed by atoms with van der Waals surface area (Å²) in [6.45, 7) is 23.8. The van der Waals surface area contributed by atoms with Crippen LogP contribution in [0.4, 0.5) is 4.79 Å². The van der Waals surface area contributed by atoms with Gasteiger partial charge >= 0.3 is 30.0 Å². The number of carbonyl (C=O) groups is 7. The maximum absolute atomic E-state index is 16.0. The number of carbonyl (C=O) groups excluding carboxylic acids is 7. The lowest BCUT2D eigenvalue weighted by Crippen LogP contribution is -2.82. The third-order valence-corrected chi connectivity index (χ3v) is 24.4. The van der Waals surface area contributed by atoms with E-state index in [1.54, 1.807) is 97.0 Å². The molecule has 0 radical (unpaired) electrons. The number of rotatable bonds is 21. The lowest BCUT2D eigenvalue weighted by atomic mass is 9.44. The van der Waals surface area contributed by atoms with Crippen molar-refractivity contribution in [3.05, 3.63) is 94.6 Å². The van der Waals surface area contributed by atoms with E-state index in [-0.39, 0.29) is 47.9 Å². The number of Topliss-reactive ketones (excluding diaryl/α,β-unsaturated/α-hetero) is 1. The third kappa shape index (κ3) is 13.5. The fourth-order valence-electron chi connectivity index (χ4n) is 19.6. The van der Waals surface area contributed by atoms with E-state index in [1.807, 2.05) is 0 Å². The predicted octanol–water partition coefficient (Wildman–Crippen LogP) is 11.7. The molecular formula is C76H106N2O17. The van der Waals surface area contributed by atoms with Gasteiger partial charge in [-0.15, -0.1) is 0 Å². The summed E-state index contributed by atoms with van der Waals surface area (Å²) in [5, 5.41) is 19.6. The van der Waals surface area contributed by atoms with Crippen LogP contribution in [-0.4, -0.2) is 140 Å². The lowest BCUT2D eigenvalue weighted by Gasteiger charge is -2.67. The first-order valence-electron chi connectivity index (χ1n) is 34.9. The number of hydrogen-bond acceptors (Lipinski definition) is 17. The SMILES string of the molecule is CO[C@H]1C(=O)[C@]2(C)[C@@H](OC)C[C@H]3OC[C@@]3(OC(C)=O)[C@H]2[C@H](OC(=O)c2ccccc2)[C@]2(O)C[C@H](OC(=O)[C@H](OC(=O)CNC(=O)CO[C@H]3CC[C@@]4(C)C(=CCC5C4CC[C@@]4(C)C5CC[C@@H]4[C@H](C)CCCC(C)C)C3)[C@@H](NC(=O)OC(C)(C)C)c3ccccc3)C(C)=C1C2(C)C. The van der Waals surface area contributed by atoms with E-state index in [0.29, 0.717) is 22.8 Å². The van der Waals surface area contributed by atoms with Crippen molar-refractivity contribution < 1.29 is 81.3 Å². The molecule has 7 aliphatic carbocycles. The van der Waals surface area contributed by atoms with Gasteiger partial charge in [-0.05, 0) is 161 Å². The summed E-state index contributed by atoms with van der Waals surface area (Å²) in [4.78, 5) is 102. The van der Waals surface area contributed by atoms with Crippen LogP contribution in [0.3, 0.4) is 0 Å². The van der Waals surface area contributed by atoms with Gasteiger partial charge in [-0.1, -0.05) is 128 Å². The van der Waals surface area contributed by atoms with Crippen molar-refractivity contribution in [2.45, 2.75) is 239 Å². The summed E-state index contributed by atoms with van der Waals surface area (Å²) < 4.78 is 56.2. The minimum atomic E-state index is -2.34. The van der Waals surface area contributed by atoms with E-state index in [2.05, 4.69) is 51.3 Å². The van der Waals surface area contributed by atoms with Crippen molar-refractivity contribution in [1.29, 1.82) is 0 Å². The second-order valence-corrected chi connectivity index (χ2v) is 31.7. The van der Waals surface area contributed by atoms with E-state index >= 15 is 9.59 Å². The number of ether oxygens (including phenoxy) is 9. The van der Waals surface area contributed by atoms with Crippen LogP contribution < -0.4 is 10.6 Å². The van der Waals surface area contributed by atoms with Crippen molar-refractivity contribution >= 4 is 41.7 Å². The van der Waals surface area contributed by atoms with E-state index in [0.717, 1.165) is 49.4 Å². The molecule has 1 heterocycles. The van der Waals surface area contributed by atoms with Crippen LogP contribution in [0.1, 0.15) is 195 Å². The number of allylic oxidation sites excluding steroid dienone is 1. The van der Waals surface area contributed by atoms with Crippen LogP contribution >= 0.6 is 0 Å². The summed E-state index contributed by atoms with van der Waals surface area (Å²) in [6, 6.07) is 14.9. The zero-order chi connectivity index (χ0) is 69.0. The molecular weight excluding hydrogens is 1210 g/mol. The van der Waals surface area contributed by atoms with E-state index in [9.17, 15) is 29.1 Å². The Labute approximate surface area is 561 Å². The maximum atomic E-state index is 16.0. The van der Waals surface area contributed by atoms with Gasteiger partial charge in [0.15, 0.2) is 11.4 Å². The lowest BCUT2D eigenvalue weighted by molar-refractivity contribution is -0.347. The maximum Gasteiger partial charge on any atom is 0.408 e. The largest absolute Gasteiger partial charge is 0.455 e. The smallest absolute Gasteiger partial charge is 0.408 e. The molecule has 2 aromatic carbocycles. The standard InChI is InChI=1S/C76H106N2O17/c1-43(2)23-22-24-44(3)52-31-32-53-51-30-29-49-37-50(33-35-72(49,11)54(51)34-36-73(52,53)12)89-41-58(80)77-40-59(81)92-63(61(47-25-18-16-19-26-47)78-69(85)95-70(6,7)8)68(84)91-55-39-76(86)66(93-67(83)48-27-20-17-21-28-48)64-74(13,65(82)62(88-15)60(45(55)4)71(76,9)10)56(87-14)38-57-75(64,42-90-57)94-46(5)79/h16-21,25-29,43-44,50-57,61-64,66,86H,22-24,30-42H2,1-15H3,(H,77,80)(H,78,85)/t44-,50+,51?,52-,53?,54?,55+,56+,57-,61+,62-,63-,64+,66+,72+,73-,74-,75+,76-/m1/s1. The van der Waals surface area contributed by atoms with Gasteiger partial charge in [-0.3, -0.25) is 19.2 Å². The van der Waals surface area contributed by atoms with Crippen molar-refractivity contribution in [2.24, 2.45) is 63.1 Å². The third-order valence-electron chi connectivity index (χ3n) is 24.4. The Kier molecular flexibility index (Phi) is 21.0. The minimum Gasteiger partial charge on any atom is -0.455 e. The molecule has 19 atom stereocenters. The van der Waals surface area contributed by atoms with Gasteiger partial charge in [0, 0.05) is 39.4 Å². The minimum absolute atomic E-state index is 0.0762. The predicted molar refractivity (Wildman–Crippen MR) is 353 cm³/mol. The normalized spacial score (nSPS) is 35.4. The highest BCUT2D eigenvalue weighted by Gasteiger charge is 2.78. The van der Waals surface area contributed by atoms with Crippen LogP contribution in [0.15, 0.2) is 83.5 Å². The van der Waals surface area contributed by atoms with Crippen LogP contribution in [0.25, 0.3) is 0 Å². The molecule has 1 aliphatic heterocycles. The number of methoxy groups -OCH3 is 2. The highest BCUT2D eigenvalue weighted by molar-refractivity contribution is 5.94. The number of nitrogens with one attached hydrogen (secondary N) is 2. The number of ketones is 1. The van der Waals surface area contributed by atoms with E-state index in [4.69, 9.17) is 42.6 Å². The highest BCUT2D eigenvalue weighted by Crippen LogP contribution is 2.69. The molecule has 6 fully saturated rings. The molecule has 95 heavy (non-hydrogen) atoms. The molecule has 10 rings (SSSR count). The van der Waals surface area contributed by atoms with Gasteiger partial charge in [0.1, 0.15) is 54.8 Å². The molecule has 522 valence electrons. The van der Waals surface area contributed by atoms with Crippen molar-refractivity contribution in [2.75, 3.05) is 34.0 Å². The first-order valence-corrected chi connectivity index (χ1v) is 34.9. The average molecular weight is 1320 g/mol. The molecule has 5 saturated carbocycles. The van der Waals surface area contributed by atoms with Gasteiger partial charge in [-0.25, -0.2) is 14.4 Å². The number of fused-ring (bicyclic) bond motifs is 10. The molecule has 2 amide bonds. The fourth-order valence-corrected chi connectivity index (χ4v) is 19.6. The van der Waals surface area contributed by atoms with Crippen molar-refractivity contribution in [1.82, 2.24) is 10.6 Å². The Hall–Kier alpha value is -5.99. The van der Waals surface area contributed by atoms with Crippen LogP contribution in [0.2, 0.25) is 0 Å². The number of alkyl carbamates (subject to hydrolysis) is 1. The number of benzene rings is 2. The molecule has 3 N–H and O–H groups in total. The second kappa shape index (κ2) is 27.7. The number of hydrogen-bond donors (Lipinski definition) is 3. The van der Waals surface area contributed by atoms with Gasteiger partial charge in [0.05, 0.1) is 35.7 Å². The van der Waals surface area contributed by atoms with E-state index in [1.165, 1.54) is 83.8 Å². The Morgan fingerprint density at radius 3 is 2.17 bits per heavy atom. The molecule has 3 unspecified atom stereocenters.